The zero-order valence-corrected chi connectivity index (χ0v) is 12.5. The predicted octanol–water partition coefficient (Wildman–Crippen LogP) is 1.93. The van der Waals surface area contributed by atoms with Gasteiger partial charge >= 0.3 is 0 Å². The molecule has 3 nitrogen and oxygen atoms in total. The molecule has 0 bridgehead atoms. The van der Waals surface area contributed by atoms with Crippen LogP contribution in [0, 0.1) is 0 Å². The highest BCUT2D eigenvalue weighted by Crippen LogP contribution is 2.20. The number of piperidine rings is 1. The van der Waals surface area contributed by atoms with Crippen LogP contribution < -0.4 is 5.32 Å². The Hall–Kier alpha value is -0.120. The summed E-state index contributed by atoms with van der Waals surface area (Å²) >= 11 is 0. The normalized spacial score (nSPS) is 24.7. The third kappa shape index (κ3) is 4.52. The average Bonchev–Trinajstić information content (AvgIpc) is 3.18. The first-order chi connectivity index (χ1) is 8.66. The highest BCUT2D eigenvalue weighted by molar-refractivity contribution is 4.82. The number of rotatable bonds is 7. The summed E-state index contributed by atoms with van der Waals surface area (Å²) in [6.45, 7) is 6.15. The zero-order chi connectivity index (χ0) is 13.0. The van der Waals surface area contributed by atoms with Crippen LogP contribution in [0.5, 0.6) is 0 Å². The first-order valence-corrected chi connectivity index (χ1v) is 7.80. The van der Waals surface area contributed by atoms with Crippen LogP contribution >= 0.6 is 0 Å². The molecule has 0 spiro atoms. The Bertz CT molecular complexity index is 232. The molecule has 0 amide bonds. The SMILES string of the molecule is CC(CCCNC1CC1)N(C)C1CCN(C)CC1. The van der Waals surface area contributed by atoms with Crippen LogP contribution in [0.4, 0.5) is 0 Å². The highest BCUT2D eigenvalue weighted by Gasteiger charge is 2.24. The van der Waals surface area contributed by atoms with Crippen LogP contribution in [0.2, 0.25) is 0 Å². The van der Waals surface area contributed by atoms with Crippen LogP contribution in [0.15, 0.2) is 0 Å². The first-order valence-electron chi connectivity index (χ1n) is 7.80. The lowest BCUT2D eigenvalue weighted by Crippen LogP contribution is -2.45. The Morgan fingerprint density at radius 1 is 1.22 bits per heavy atom. The first kappa shape index (κ1) is 14.3. The molecule has 1 atom stereocenters. The molecule has 1 N–H and O–H groups in total. The highest BCUT2D eigenvalue weighted by atomic mass is 15.2. The summed E-state index contributed by atoms with van der Waals surface area (Å²) in [5, 5.41) is 3.61. The summed E-state index contributed by atoms with van der Waals surface area (Å²) in [7, 11) is 4.57. The van der Waals surface area contributed by atoms with Crippen LogP contribution in [-0.4, -0.2) is 61.7 Å². The Labute approximate surface area is 113 Å². The largest absolute Gasteiger partial charge is 0.314 e. The molecule has 1 aliphatic heterocycles. The molecule has 2 fully saturated rings. The van der Waals surface area contributed by atoms with Gasteiger partial charge in [0, 0.05) is 18.1 Å². The van der Waals surface area contributed by atoms with Crippen LogP contribution in [0.25, 0.3) is 0 Å². The summed E-state index contributed by atoms with van der Waals surface area (Å²) in [5.41, 5.74) is 0. The van der Waals surface area contributed by atoms with Crippen molar-refractivity contribution >= 4 is 0 Å². The van der Waals surface area contributed by atoms with E-state index in [2.05, 4.69) is 36.1 Å². The van der Waals surface area contributed by atoms with E-state index >= 15 is 0 Å². The van der Waals surface area contributed by atoms with Gasteiger partial charge in [0.2, 0.25) is 0 Å². The lowest BCUT2D eigenvalue weighted by molar-refractivity contribution is 0.109. The minimum Gasteiger partial charge on any atom is -0.314 e. The second kappa shape index (κ2) is 6.88. The molecule has 2 aliphatic rings. The smallest absolute Gasteiger partial charge is 0.0119 e. The number of nitrogens with zero attached hydrogens (tertiary/aromatic N) is 2. The van der Waals surface area contributed by atoms with Gasteiger partial charge in [-0.2, -0.15) is 0 Å². The van der Waals surface area contributed by atoms with Gasteiger partial charge in [0.15, 0.2) is 0 Å². The molecule has 0 aromatic rings. The van der Waals surface area contributed by atoms with Gasteiger partial charge in [0.05, 0.1) is 0 Å². The molecular weight excluding hydrogens is 222 g/mol. The molecule has 0 radical (unpaired) electrons. The van der Waals surface area contributed by atoms with Crippen molar-refractivity contribution in [1.82, 2.24) is 15.1 Å². The maximum atomic E-state index is 3.61. The lowest BCUT2D eigenvalue weighted by atomic mass is 10.0. The molecule has 0 aromatic carbocycles. The number of nitrogens with one attached hydrogen (secondary N) is 1. The Balaban J connectivity index is 1.59. The summed E-state index contributed by atoms with van der Waals surface area (Å²) < 4.78 is 0. The third-order valence-electron chi connectivity index (χ3n) is 4.77. The minimum atomic E-state index is 0.736. The van der Waals surface area contributed by atoms with Gasteiger partial charge in [-0.25, -0.2) is 0 Å². The van der Waals surface area contributed by atoms with E-state index in [0.29, 0.717) is 0 Å². The lowest BCUT2D eigenvalue weighted by Gasteiger charge is -2.38. The van der Waals surface area contributed by atoms with Crippen molar-refractivity contribution in [3.05, 3.63) is 0 Å². The van der Waals surface area contributed by atoms with Crippen molar-refractivity contribution in [3.8, 4) is 0 Å². The van der Waals surface area contributed by atoms with Gasteiger partial charge in [-0.05, 0) is 79.2 Å². The van der Waals surface area contributed by atoms with E-state index in [1.807, 2.05) is 0 Å². The Kier molecular flexibility index (Phi) is 5.46. The van der Waals surface area contributed by atoms with Crippen molar-refractivity contribution in [2.24, 2.45) is 0 Å². The standard InChI is InChI=1S/C15H31N3/c1-13(5-4-10-16-14-6-7-14)18(3)15-8-11-17(2)12-9-15/h13-16H,4-12H2,1-3H3. The number of hydrogen-bond donors (Lipinski definition) is 1. The van der Waals surface area contributed by atoms with Crippen molar-refractivity contribution in [2.45, 2.75) is 63.6 Å². The Morgan fingerprint density at radius 3 is 2.50 bits per heavy atom. The van der Waals surface area contributed by atoms with Crippen molar-refractivity contribution in [1.29, 1.82) is 0 Å². The fourth-order valence-corrected chi connectivity index (χ4v) is 2.96. The second-order valence-corrected chi connectivity index (χ2v) is 6.42. The molecule has 3 heteroatoms. The third-order valence-corrected chi connectivity index (χ3v) is 4.77. The van der Waals surface area contributed by atoms with Crippen molar-refractivity contribution in [2.75, 3.05) is 33.7 Å². The van der Waals surface area contributed by atoms with E-state index in [4.69, 9.17) is 0 Å². The summed E-state index contributed by atoms with van der Waals surface area (Å²) in [6.07, 6.45) is 8.17. The molecule has 1 unspecified atom stereocenters. The van der Waals surface area contributed by atoms with Gasteiger partial charge in [-0.1, -0.05) is 0 Å². The summed E-state index contributed by atoms with van der Waals surface area (Å²) in [5.74, 6) is 0. The molecule has 1 saturated carbocycles. The fourth-order valence-electron chi connectivity index (χ4n) is 2.96. The van der Waals surface area contributed by atoms with Crippen LogP contribution in [0.3, 0.4) is 0 Å². The van der Waals surface area contributed by atoms with Gasteiger partial charge < -0.3 is 15.1 Å². The maximum Gasteiger partial charge on any atom is 0.0119 e. The van der Waals surface area contributed by atoms with Gasteiger partial charge in [-0.3, -0.25) is 0 Å². The van der Waals surface area contributed by atoms with Gasteiger partial charge in [-0.15, -0.1) is 0 Å². The van der Waals surface area contributed by atoms with E-state index in [9.17, 15) is 0 Å². The Morgan fingerprint density at radius 2 is 1.89 bits per heavy atom. The van der Waals surface area contributed by atoms with E-state index in [1.54, 1.807) is 0 Å². The minimum absolute atomic E-state index is 0.736. The number of hydrogen-bond acceptors (Lipinski definition) is 3. The van der Waals surface area contributed by atoms with E-state index in [-0.39, 0.29) is 0 Å². The predicted molar refractivity (Wildman–Crippen MR) is 78.0 cm³/mol. The van der Waals surface area contributed by atoms with Gasteiger partial charge in [0.25, 0.3) is 0 Å². The van der Waals surface area contributed by atoms with E-state index in [0.717, 1.165) is 18.1 Å². The zero-order valence-electron chi connectivity index (χ0n) is 12.5. The van der Waals surface area contributed by atoms with Crippen molar-refractivity contribution in [3.63, 3.8) is 0 Å². The molecule has 1 heterocycles. The van der Waals surface area contributed by atoms with E-state index in [1.165, 1.54) is 58.2 Å². The fraction of sp³-hybridized carbons (Fsp3) is 1.00. The quantitative estimate of drug-likeness (QED) is 0.700. The number of likely N-dealkylation sites (tertiary alicyclic amines) is 1. The molecule has 106 valence electrons. The topological polar surface area (TPSA) is 18.5 Å². The average molecular weight is 253 g/mol. The van der Waals surface area contributed by atoms with E-state index < -0.39 is 0 Å². The molecule has 18 heavy (non-hydrogen) atoms. The molecule has 1 saturated heterocycles. The van der Waals surface area contributed by atoms with Crippen LogP contribution in [-0.2, 0) is 0 Å². The second-order valence-electron chi connectivity index (χ2n) is 6.42. The molecule has 1 aliphatic carbocycles. The summed E-state index contributed by atoms with van der Waals surface area (Å²) in [6, 6.07) is 2.42. The molecule has 0 aromatic heterocycles. The summed E-state index contributed by atoms with van der Waals surface area (Å²) in [4.78, 5) is 5.08. The van der Waals surface area contributed by atoms with Gasteiger partial charge in [0.1, 0.15) is 0 Å². The molecular formula is C15H31N3. The monoisotopic (exact) mass is 253 g/mol. The van der Waals surface area contributed by atoms with Crippen LogP contribution in [0.1, 0.15) is 45.4 Å². The van der Waals surface area contributed by atoms with Crippen molar-refractivity contribution < 1.29 is 0 Å². The maximum absolute atomic E-state index is 3.61. The molecule has 2 rings (SSSR count).